The van der Waals surface area contributed by atoms with Crippen LogP contribution in [0.5, 0.6) is 11.5 Å². The summed E-state index contributed by atoms with van der Waals surface area (Å²) in [5.41, 5.74) is 4.24. The molecule has 3 heteroatoms. The quantitative estimate of drug-likeness (QED) is 0.685. The SMILES string of the molecule is CCC(C)CN(Cc1ccc(OC)cc1OC)C1Cc2ccccc2C1. The second-order valence-electron chi connectivity index (χ2n) is 7.45. The van der Waals surface area contributed by atoms with Gasteiger partial charge in [0, 0.05) is 30.8 Å². The lowest BCUT2D eigenvalue weighted by molar-refractivity contribution is 0.163. The zero-order chi connectivity index (χ0) is 18.5. The van der Waals surface area contributed by atoms with E-state index < -0.39 is 0 Å². The number of methoxy groups -OCH3 is 2. The molecule has 0 saturated heterocycles. The lowest BCUT2D eigenvalue weighted by Crippen LogP contribution is -2.38. The van der Waals surface area contributed by atoms with Crippen molar-refractivity contribution in [3.05, 3.63) is 59.2 Å². The molecule has 3 nitrogen and oxygen atoms in total. The fraction of sp³-hybridized carbons (Fsp3) is 0.478. The van der Waals surface area contributed by atoms with Crippen LogP contribution < -0.4 is 9.47 Å². The van der Waals surface area contributed by atoms with Gasteiger partial charge in [0.05, 0.1) is 14.2 Å². The van der Waals surface area contributed by atoms with Crippen LogP contribution in [0, 0.1) is 5.92 Å². The second-order valence-corrected chi connectivity index (χ2v) is 7.45. The molecule has 2 aromatic rings. The first-order chi connectivity index (χ1) is 12.6. The Balaban J connectivity index is 1.81. The normalized spacial score (nSPS) is 15.1. The van der Waals surface area contributed by atoms with Crippen molar-refractivity contribution in [1.29, 1.82) is 0 Å². The summed E-state index contributed by atoms with van der Waals surface area (Å²) in [6.45, 7) is 6.65. The monoisotopic (exact) mass is 353 g/mol. The summed E-state index contributed by atoms with van der Waals surface area (Å²) < 4.78 is 11.0. The summed E-state index contributed by atoms with van der Waals surface area (Å²) in [4.78, 5) is 2.65. The van der Waals surface area contributed by atoms with Crippen molar-refractivity contribution < 1.29 is 9.47 Å². The minimum absolute atomic E-state index is 0.563. The Hall–Kier alpha value is -2.00. The summed E-state index contributed by atoms with van der Waals surface area (Å²) in [7, 11) is 3.43. The van der Waals surface area contributed by atoms with Gasteiger partial charge in [0.1, 0.15) is 11.5 Å². The zero-order valence-electron chi connectivity index (χ0n) is 16.5. The van der Waals surface area contributed by atoms with Crippen molar-refractivity contribution in [2.75, 3.05) is 20.8 Å². The third-order valence-corrected chi connectivity index (χ3v) is 5.66. The van der Waals surface area contributed by atoms with Crippen molar-refractivity contribution >= 4 is 0 Å². The van der Waals surface area contributed by atoms with E-state index in [1.54, 1.807) is 14.2 Å². The van der Waals surface area contributed by atoms with Crippen LogP contribution in [0.4, 0.5) is 0 Å². The Labute approximate surface area is 157 Å². The minimum Gasteiger partial charge on any atom is -0.497 e. The number of nitrogens with zero attached hydrogens (tertiary/aromatic N) is 1. The molecule has 1 unspecified atom stereocenters. The van der Waals surface area contributed by atoms with Crippen molar-refractivity contribution in [2.45, 2.75) is 45.7 Å². The first kappa shape index (κ1) is 18.8. The van der Waals surface area contributed by atoms with E-state index in [2.05, 4.69) is 49.1 Å². The third kappa shape index (κ3) is 4.21. The Morgan fingerprint density at radius 1 is 1.04 bits per heavy atom. The molecule has 3 rings (SSSR count). The van der Waals surface area contributed by atoms with Crippen molar-refractivity contribution in [3.63, 3.8) is 0 Å². The van der Waals surface area contributed by atoms with Gasteiger partial charge < -0.3 is 9.47 Å². The van der Waals surface area contributed by atoms with Crippen LogP contribution in [-0.2, 0) is 19.4 Å². The van der Waals surface area contributed by atoms with E-state index in [4.69, 9.17) is 9.47 Å². The number of fused-ring (bicyclic) bond motifs is 1. The third-order valence-electron chi connectivity index (χ3n) is 5.66. The molecule has 0 heterocycles. The highest BCUT2D eigenvalue weighted by atomic mass is 16.5. The van der Waals surface area contributed by atoms with E-state index in [0.717, 1.165) is 37.4 Å². The van der Waals surface area contributed by atoms with E-state index in [1.807, 2.05) is 12.1 Å². The molecule has 1 atom stereocenters. The van der Waals surface area contributed by atoms with Crippen molar-refractivity contribution in [1.82, 2.24) is 4.90 Å². The van der Waals surface area contributed by atoms with Crippen LogP contribution in [0.2, 0.25) is 0 Å². The van der Waals surface area contributed by atoms with Crippen LogP contribution in [-0.4, -0.2) is 31.7 Å². The van der Waals surface area contributed by atoms with E-state index >= 15 is 0 Å². The van der Waals surface area contributed by atoms with Crippen LogP contribution in [0.25, 0.3) is 0 Å². The molecule has 0 spiro atoms. The summed E-state index contributed by atoms with van der Waals surface area (Å²) in [5.74, 6) is 2.43. The van der Waals surface area contributed by atoms with E-state index in [1.165, 1.54) is 23.1 Å². The van der Waals surface area contributed by atoms with E-state index in [9.17, 15) is 0 Å². The molecule has 0 radical (unpaired) electrons. The fourth-order valence-electron chi connectivity index (χ4n) is 3.87. The fourth-order valence-corrected chi connectivity index (χ4v) is 3.87. The highest BCUT2D eigenvalue weighted by Gasteiger charge is 2.28. The molecule has 140 valence electrons. The number of ether oxygens (including phenoxy) is 2. The zero-order valence-corrected chi connectivity index (χ0v) is 16.5. The lowest BCUT2D eigenvalue weighted by Gasteiger charge is -2.31. The van der Waals surface area contributed by atoms with Crippen LogP contribution in [0.15, 0.2) is 42.5 Å². The largest absolute Gasteiger partial charge is 0.497 e. The number of hydrogen-bond acceptors (Lipinski definition) is 3. The van der Waals surface area contributed by atoms with Gasteiger partial charge in [0.2, 0.25) is 0 Å². The summed E-state index contributed by atoms with van der Waals surface area (Å²) in [6, 6.07) is 15.6. The molecule has 2 aromatic carbocycles. The average Bonchev–Trinajstić information content (AvgIpc) is 3.11. The molecular formula is C23H31NO2. The number of hydrogen-bond donors (Lipinski definition) is 0. The Kier molecular flexibility index (Phi) is 6.20. The molecule has 0 N–H and O–H groups in total. The van der Waals surface area contributed by atoms with Gasteiger partial charge >= 0.3 is 0 Å². The first-order valence-corrected chi connectivity index (χ1v) is 9.66. The maximum atomic E-state index is 5.64. The smallest absolute Gasteiger partial charge is 0.127 e. The molecular weight excluding hydrogens is 322 g/mol. The maximum absolute atomic E-state index is 5.64. The van der Waals surface area contributed by atoms with Crippen LogP contribution in [0.1, 0.15) is 37.0 Å². The Bertz CT molecular complexity index is 703. The average molecular weight is 354 g/mol. The first-order valence-electron chi connectivity index (χ1n) is 9.66. The molecule has 26 heavy (non-hydrogen) atoms. The molecule has 0 aromatic heterocycles. The molecule has 0 saturated carbocycles. The lowest BCUT2D eigenvalue weighted by atomic mass is 10.0. The standard InChI is InChI=1S/C23H31NO2/c1-5-17(2)15-24(21-12-18-8-6-7-9-19(18)13-21)16-20-10-11-22(25-3)14-23(20)26-4/h6-11,14,17,21H,5,12-13,15-16H2,1-4H3. The van der Waals surface area contributed by atoms with Gasteiger partial charge in [-0.2, -0.15) is 0 Å². The molecule has 1 aliphatic carbocycles. The topological polar surface area (TPSA) is 21.7 Å². The highest BCUT2D eigenvalue weighted by Crippen LogP contribution is 2.30. The number of rotatable bonds is 8. The van der Waals surface area contributed by atoms with E-state index in [0.29, 0.717) is 12.0 Å². The Morgan fingerprint density at radius 2 is 1.73 bits per heavy atom. The van der Waals surface area contributed by atoms with Gasteiger partial charge in [0.15, 0.2) is 0 Å². The highest BCUT2D eigenvalue weighted by molar-refractivity contribution is 5.41. The summed E-state index contributed by atoms with van der Waals surface area (Å²) in [5, 5.41) is 0. The molecule has 0 aliphatic heterocycles. The van der Waals surface area contributed by atoms with E-state index in [-0.39, 0.29) is 0 Å². The van der Waals surface area contributed by atoms with Gasteiger partial charge in [-0.05, 0) is 36.0 Å². The molecule has 0 fully saturated rings. The van der Waals surface area contributed by atoms with Gasteiger partial charge in [-0.15, -0.1) is 0 Å². The van der Waals surface area contributed by atoms with Gasteiger partial charge in [-0.1, -0.05) is 50.6 Å². The Morgan fingerprint density at radius 3 is 2.31 bits per heavy atom. The predicted molar refractivity (Wildman–Crippen MR) is 107 cm³/mol. The predicted octanol–water partition coefficient (Wildman–Crippen LogP) is 4.72. The second kappa shape index (κ2) is 8.59. The maximum Gasteiger partial charge on any atom is 0.127 e. The molecule has 1 aliphatic rings. The van der Waals surface area contributed by atoms with Crippen LogP contribution >= 0.6 is 0 Å². The van der Waals surface area contributed by atoms with Gasteiger partial charge in [-0.3, -0.25) is 4.90 Å². The van der Waals surface area contributed by atoms with Crippen molar-refractivity contribution in [2.24, 2.45) is 5.92 Å². The van der Waals surface area contributed by atoms with Gasteiger partial charge in [-0.25, -0.2) is 0 Å². The summed E-state index contributed by atoms with van der Waals surface area (Å²) in [6.07, 6.45) is 3.49. The molecule has 0 amide bonds. The minimum atomic E-state index is 0.563. The van der Waals surface area contributed by atoms with Gasteiger partial charge in [0.25, 0.3) is 0 Å². The van der Waals surface area contributed by atoms with Crippen LogP contribution in [0.3, 0.4) is 0 Å². The number of benzene rings is 2. The van der Waals surface area contributed by atoms with Crippen molar-refractivity contribution in [3.8, 4) is 11.5 Å². The molecule has 0 bridgehead atoms. The summed E-state index contributed by atoms with van der Waals surface area (Å²) >= 11 is 0.